The highest BCUT2D eigenvalue weighted by Gasteiger charge is 2.16. The topological polar surface area (TPSA) is 75.1 Å². The van der Waals surface area contributed by atoms with Crippen LogP contribution in [0.3, 0.4) is 0 Å². The number of nitrogens with zero attached hydrogens (tertiary/aromatic N) is 2. The number of carboxylic acids is 1. The van der Waals surface area contributed by atoms with Crippen LogP contribution < -0.4 is 5.32 Å². The van der Waals surface area contributed by atoms with Gasteiger partial charge in [-0.1, -0.05) is 0 Å². The lowest BCUT2D eigenvalue weighted by molar-refractivity contribution is 0.0697. The van der Waals surface area contributed by atoms with Crippen LogP contribution in [0, 0.1) is 0 Å². The average Bonchev–Trinajstić information content (AvgIpc) is 2.01. The Kier molecular flexibility index (Phi) is 2.69. The number of aromatic nitrogens is 2. The average molecular weight is 195 g/mol. The van der Waals surface area contributed by atoms with E-state index in [2.05, 4.69) is 15.3 Å². The second-order valence-electron chi connectivity index (χ2n) is 3.97. The predicted octanol–water partition coefficient (Wildman–Crippen LogP) is 1.39. The molecule has 1 heterocycles. The van der Waals surface area contributed by atoms with Gasteiger partial charge in [-0.2, -0.15) is 0 Å². The molecule has 14 heavy (non-hydrogen) atoms. The van der Waals surface area contributed by atoms with Crippen molar-refractivity contribution in [3.63, 3.8) is 0 Å². The third kappa shape index (κ3) is 2.69. The van der Waals surface area contributed by atoms with Crippen molar-refractivity contribution in [3.05, 3.63) is 18.1 Å². The van der Waals surface area contributed by atoms with E-state index in [4.69, 9.17) is 5.11 Å². The first-order chi connectivity index (χ1) is 6.40. The maximum Gasteiger partial charge on any atom is 0.341 e. The normalized spacial score (nSPS) is 11.1. The number of carbonyl (C=O) groups is 1. The zero-order valence-corrected chi connectivity index (χ0v) is 8.40. The molecule has 0 aliphatic heterocycles. The van der Waals surface area contributed by atoms with Crippen LogP contribution in [0.15, 0.2) is 12.5 Å². The lowest BCUT2D eigenvalue weighted by atomic mass is 10.1. The van der Waals surface area contributed by atoms with Gasteiger partial charge in [0.2, 0.25) is 0 Å². The Morgan fingerprint density at radius 3 is 2.64 bits per heavy atom. The monoisotopic (exact) mass is 195 g/mol. The van der Waals surface area contributed by atoms with Gasteiger partial charge in [-0.15, -0.1) is 0 Å². The first-order valence-corrected chi connectivity index (χ1v) is 4.21. The van der Waals surface area contributed by atoms with E-state index in [1.807, 2.05) is 20.8 Å². The van der Waals surface area contributed by atoms with Crippen molar-refractivity contribution >= 4 is 11.8 Å². The first kappa shape index (κ1) is 10.4. The SMILES string of the molecule is CC(C)(C)Nc1ncncc1C(=O)O. The van der Waals surface area contributed by atoms with Crippen molar-refractivity contribution in [2.75, 3.05) is 5.32 Å². The van der Waals surface area contributed by atoms with Gasteiger partial charge in [0.25, 0.3) is 0 Å². The lowest BCUT2D eigenvalue weighted by Crippen LogP contribution is -2.28. The summed E-state index contributed by atoms with van der Waals surface area (Å²) >= 11 is 0. The highest BCUT2D eigenvalue weighted by molar-refractivity contribution is 5.92. The molecular formula is C9H13N3O2. The van der Waals surface area contributed by atoms with Gasteiger partial charge in [0, 0.05) is 11.7 Å². The molecule has 0 saturated heterocycles. The Morgan fingerprint density at radius 1 is 1.50 bits per heavy atom. The van der Waals surface area contributed by atoms with E-state index in [9.17, 15) is 4.79 Å². The van der Waals surface area contributed by atoms with Gasteiger partial charge in [-0.25, -0.2) is 14.8 Å². The quantitative estimate of drug-likeness (QED) is 0.745. The highest BCUT2D eigenvalue weighted by Crippen LogP contribution is 2.15. The summed E-state index contributed by atoms with van der Waals surface area (Å²) < 4.78 is 0. The number of aromatic carboxylic acids is 1. The molecule has 0 radical (unpaired) electrons. The molecule has 0 spiro atoms. The van der Waals surface area contributed by atoms with Crippen LogP contribution in [0.1, 0.15) is 31.1 Å². The molecule has 1 aromatic rings. The van der Waals surface area contributed by atoms with Gasteiger partial charge < -0.3 is 10.4 Å². The number of nitrogens with one attached hydrogen (secondary N) is 1. The van der Waals surface area contributed by atoms with Crippen LogP contribution in [-0.2, 0) is 0 Å². The molecule has 0 unspecified atom stereocenters. The largest absolute Gasteiger partial charge is 0.477 e. The van der Waals surface area contributed by atoms with Crippen LogP contribution >= 0.6 is 0 Å². The molecule has 5 heteroatoms. The maximum absolute atomic E-state index is 10.8. The lowest BCUT2D eigenvalue weighted by Gasteiger charge is -2.21. The van der Waals surface area contributed by atoms with Crippen molar-refractivity contribution in [3.8, 4) is 0 Å². The molecule has 0 aliphatic carbocycles. The molecule has 5 nitrogen and oxygen atoms in total. The van der Waals surface area contributed by atoms with E-state index in [-0.39, 0.29) is 11.1 Å². The molecule has 0 aromatic carbocycles. The minimum Gasteiger partial charge on any atom is -0.477 e. The molecule has 0 fully saturated rings. The maximum atomic E-state index is 10.8. The van der Waals surface area contributed by atoms with Crippen molar-refractivity contribution in [2.24, 2.45) is 0 Å². The van der Waals surface area contributed by atoms with E-state index in [1.165, 1.54) is 12.5 Å². The van der Waals surface area contributed by atoms with E-state index >= 15 is 0 Å². The molecule has 2 N–H and O–H groups in total. The Hall–Kier alpha value is -1.65. The van der Waals surface area contributed by atoms with E-state index in [1.54, 1.807) is 0 Å². The van der Waals surface area contributed by atoms with Gasteiger partial charge in [0.1, 0.15) is 17.7 Å². The Bertz CT molecular complexity index is 344. The molecule has 0 amide bonds. The predicted molar refractivity (Wildman–Crippen MR) is 52.4 cm³/mol. The van der Waals surface area contributed by atoms with Crippen LogP contribution in [0.5, 0.6) is 0 Å². The minimum atomic E-state index is -1.03. The van der Waals surface area contributed by atoms with Crippen molar-refractivity contribution in [1.29, 1.82) is 0 Å². The summed E-state index contributed by atoms with van der Waals surface area (Å²) in [7, 11) is 0. The van der Waals surface area contributed by atoms with Crippen LogP contribution in [-0.4, -0.2) is 26.6 Å². The molecule has 1 aromatic heterocycles. The van der Waals surface area contributed by atoms with E-state index in [0.717, 1.165) is 0 Å². The fraction of sp³-hybridized carbons (Fsp3) is 0.444. The van der Waals surface area contributed by atoms with Crippen molar-refractivity contribution in [2.45, 2.75) is 26.3 Å². The molecule has 0 aliphatic rings. The number of hydrogen-bond donors (Lipinski definition) is 2. The molecule has 0 atom stereocenters. The third-order valence-corrected chi connectivity index (χ3v) is 1.44. The van der Waals surface area contributed by atoms with Crippen LogP contribution in [0.4, 0.5) is 5.82 Å². The zero-order valence-electron chi connectivity index (χ0n) is 8.40. The standard InChI is InChI=1S/C9H13N3O2/c1-9(2,3)12-7-6(8(13)14)4-10-5-11-7/h4-5H,1-3H3,(H,13,14)(H,10,11,12). The summed E-state index contributed by atoms with van der Waals surface area (Å²) in [4.78, 5) is 18.3. The summed E-state index contributed by atoms with van der Waals surface area (Å²) in [5.41, 5.74) is -0.138. The summed E-state index contributed by atoms with van der Waals surface area (Å²) in [6, 6.07) is 0. The molecule has 1 rings (SSSR count). The van der Waals surface area contributed by atoms with Gasteiger partial charge in [-0.05, 0) is 20.8 Å². The molecular weight excluding hydrogens is 182 g/mol. The number of hydrogen-bond acceptors (Lipinski definition) is 4. The van der Waals surface area contributed by atoms with Crippen molar-refractivity contribution in [1.82, 2.24) is 9.97 Å². The van der Waals surface area contributed by atoms with E-state index in [0.29, 0.717) is 5.82 Å². The van der Waals surface area contributed by atoms with Crippen molar-refractivity contribution < 1.29 is 9.90 Å². The van der Waals surface area contributed by atoms with Gasteiger partial charge in [0.15, 0.2) is 0 Å². The smallest absolute Gasteiger partial charge is 0.341 e. The number of rotatable bonds is 2. The first-order valence-electron chi connectivity index (χ1n) is 4.21. The second-order valence-corrected chi connectivity index (χ2v) is 3.97. The number of anilines is 1. The molecule has 0 bridgehead atoms. The summed E-state index contributed by atoms with van der Waals surface area (Å²) in [5.74, 6) is -0.683. The summed E-state index contributed by atoms with van der Waals surface area (Å²) in [6.45, 7) is 5.79. The Balaban J connectivity index is 3.02. The second kappa shape index (κ2) is 3.61. The van der Waals surface area contributed by atoms with E-state index < -0.39 is 5.97 Å². The fourth-order valence-electron chi connectivity index (χ4n) is 0.941. The Labute approximate surface area is 82.2 Å². The summed E-state index contributed by atoms with van der Waals surface area (Å²) in [6.07, 6.45) is 2.60. The molecule has 0 saturated carbocycles. The fourth-order valence-corrected chi connectivity index (χ4v) is 0.941. The number of carboxylic acid groups (broad SMARTS) is 1. The molecule has 76 valence electrons. The van der Waals surface area contributed by atoms with Crippen LogP contribution in [0.25, 0.3) is 0 Å². The van der Waals surface area contributed by atoms with Crippen LogP contribution in [0.2, 0.25) is 0 Å². The summed E-state index contributed by atoms with van der Waals surface area (Å²) in [5, 5.41) is 11.8. The third-order valence-electron chi connectivity index (χ3n) is 1.44. The van der Waals surface area contributed by atoms with Gasteiger partial charge in [-0.3, -0.25) is 0 Å². The highest BCUT2D eigenvalue weighted by atomic mass is 16.4. The van der Waals surface area contributed by atoms with Gasteiger partial charge in [0.05, 0.1) is 0 Å². The zero-order chi connectivity index (χ0) is 10.8. The van der Waals surface area contributed by atoms with Gasteiger partial charge >= 0.3 is 5.97 Å². The minimum absolute atomic E-state index is 0.0856. The Morgan fingerprint density at radius 2 is 2.14 bits per heavy atom.